The molecule has 120 valence electrons. The Morgan fingerprint density at radius 2 is 2.09 bits per heavy atom. The van der Waals surface area contributed by atoms with E-state index in [1.807, 2.05) is 29.7 Å². The fourth-order valence-corrected chi connectivity index (χ4v) is 3.09. The monoisotopic (exact) mass is 349 g/mol. The van der Waals surface area contributed by atoms with E-state index in [0.717, 1.165) is 28.5 Å². The maximum absolute atomic E-state index is 6.46. The van der Waals surface area contributed by atoms with Gasteiger partial charge >= 0.3 is 0 Å². The second-order valence-electron chi connectivity index (χ2n) is 5.50. The van der Waals surface area contributed by atoms with Crippen LogP contribution in [-0.4, -0.2) is 21.8 Å². The number of nitrogens with zero attached hydrogens (tertiary/aromatic N) is 3. The lowest BCUT2D eigenvalue weighted by Gasteiger charge is -2.11. The molecule has 2 heterocycles. The summed E-state index contributed by atoms with van der Waals surface area (Å²) in [5.74, 6) is 0.802. The zero-order valence-electron chi connectivity index (χ0n) is 13.2. The Balaban J connectivity index is 2.30. The lowest BCUT2D eigenvalue weighted by atomic mass is 10.1. The van der Waals surface area contributed by atoms with Crippen LogP contribution >= 0.6 is 23.2 Å². The van der Waals surface area contributed by atoms with Gasteiger partial charge in [0.2, 0.25) is 0 Å². The molecule has 0 amide bonds. The van der Waals surface area contributed by atoms with Crippen molar-refractivity contribution in [3.63, 3.8) is 0 Å². The summed E-state index contributed by atoms with van der Waals surface area (Å²) in [4.78, 5) is 8.97. The van der Waals surface area contributed by atoms with Crippen LogP contribution in [0.2, 0.25) is 5.02 Å². The summed E-state index contributed by atoms with van der Waals surface area (Å²) in [6.07, 6.45) is 4.67. The summed E-state index contributed by atoms with van der Waals surface area (Å²) >= 11 is 12.7. The highest BCUT2D eigenvalue weighted by atomic mass is 35.5. The number of imidazole rings is 1. The van der Waals surface area contributed by atoms with E-state index < -0.39 is 0 Å². The summed E-state index contributed by atoms with van der Waals surface area (Å²) in [6.45, 7) is 3.97. The number of benzene rings is 1. The first kappa shape index (κ1) is 16.1. The fourth-order valence-electron chi connectivity index (χ4n) is 2.58. The third kappa shape index (κ3) is 2.89. The van der Waals surface area contributed by atoms with E-state index in [4.69, 9.17) is 27.9 Å². The van der Waals surface area contributed by atoms with Gasteiger partial charge in [-0.15, -0.1) is 0 Å². The molecule has 0 saturated heterocycles. The van der Waals surface area contributed by atoms with Crippen molar-refractivity contribution in [2.45, 2.75) is 20.3 Å². The lowest BCUT2D eigenvalue weighted by Crippen LogP contribution is -2.32. The van der Waals surface area contributed by atoms with Gasteiger partial charge in [0.25, 0.3) is 0 Å². The maximum Gasteiger partial charge on any atom is 0.139 e. The average molecular weight is 350 g/mol. The molecule has 0 N–H and O–H groups in total. The van der Waals surface area contributed by atoms with Crippen molar-refractivity contribution in [1.82, 2.24) is 9.55 Å². The molecular weight excluding hydrogens is 333 g/mol. The Hall–Kier alpha value is -1.78. The highest BCUT2D eigenvalue weighted by Crippen LogP contribution is 2.29. The van der Waals surface area contributed by atoms with Crippen LogP contribution in [0.25, 0.3) is 17.5 Å². The third-order valence-corrected chi connectivity index (χ3v) is 4.75. The quantitative estimate of drug-likeness (QED) is 0.835. The summed E-state index contributed by atoms with van der Waals surface area (Å²) in [5, 5.41) is 2.95. The first-order chi connectivity index (χ1) is 11.0. The Morgan fingerprint density at radius 3 is 2.83 bits per heavy atom. The normalized spacial score (nSPS) is 21.5. The average Bonchev–Trinajstić information content (AvgIpc) is 2.95. The van der Waals surface area contributed by atoms with Gasteiger partial charge in [-0.3, -0.25) is 4.57 Å². The zero-order valence-corrected chi connectivity index (χ0v) is 14.7. The van der Waals surface area contributed by atoms with Gasteiger partial charge in [0, 0.05) is 5.92 Å². The fraction of sp³-hybridized carbons (Fsp3) is 0.294. The molecule has 23 heavy (non-hydrogen) atoms. The summed E-state index contributed by atoms with van der Waals surface area (Å²) in [6, 6.07) is 5.68. The number of rotatable bonds is 2. The number of aromatic nitrogens is 2. The van der Waals surface area contributed by atoms with Gasteiger partial charge in [-0.2, -0.15) is 0 Å². The van der Waals surface area contributed by atoms with Crippen LogP contribution in [0.3, 0.4) is 0 Å². The van der Waals surface area contributed by atoms with Crippen LogP contribution in [0.5, 0.6) is 5.75 Å². The molecular formula is C17H17Cl2N3O. The molecule has 0 bridgehead atoms. The van der Waals surface area contributed by atoms with Crippen molar-refractivity contribution in [3.8, 4) is 11.4 Å². The van der Waals surface area contributed by atoms with Gasteiger partial charge in [-0.05, 0) is 25.5 Å². The number of fused-ring (bicyclic) bond motifs is 1. The summed E-state index contributed by atoms with van der Waals surface area (Å²) in [5.41, 5.74) is 1.62. The van der Waals surface area contributed by atoms with Gasteiger partial charge in [0.05, 0.1) is 23.8 Å². The van der Waals surface area contributed by atoms with Crippen molar-refractivity contribution >= 4 is 40.1 Å². The molecule has 4 nitrogen and oxygen atoms in total. The molecule has 1 aromatic carbocycles. The molecule has 1 unspecified atom stereocenters. The van der Waals surface area contributed by atoms with Crippen molar-refractivity contribution in [2.24, 2.45) is 10.9 Å². The van der Waals surface area contributed by atoms with E-state index in [9.17, 15) is 0 Å². The largest absolute Gasteiger partial charge is 0.495 e. The van der Waals surface area contributed by atoms with Gasteiger partial charge in [0.15, 0.2) is 0 Å². The topological polar surface area (TPSA) is 39.4 Å². The number of methoxy groups -OCH3 is 1. The number of ether oxygens (including phenoxy) is 1. The van der Waals surface area contributed by atoms with E-state index in [2.05, 4.69) is 23.0 Å². The summed E-state index contributed by atoms with van der Waals surface area (Å²) in [7, 11) is 1.60. The molecule has 1 atom stereocenters. The zero-order chi connectivity index (χ0) is 16.6. The minimum absolute atomic E-state index is 0.170. The number of hydrogen-bond acceptors (Lipinski definition) is 3. The molecule has 1 aromatic heterocycles. The van der Waals surface area contributed by atoms with Crippen LogP contribution in [0, 0.1) is 5.92 Å². The van der Waals surface area contributed by atoms with Crippen LogP contribution in [0.15, 0.2) is 29.5 Å². The van der Waals surface area contributed by atoms with E-state index >= 15 is 0 Å². The molecule has 2 aromatic rings. The molecule has 1 aliphatic heterocycles. The minimum Gasteiger partial charge on any atom is -0.495 e. The number of aliphatic imine (C=N–C) groups is 1. The van der Waals surface area contributed by atoms with Crippen molar-refractivity contribution in [1.29, 1.82) is 0 Å². The highest BCUT2D eigenvalue weighted by Gasteiger charge is 2.14. The van der Waals surface area contributed by atoms with Gasteiger partial charge in [-0.1, -0.05) is 42.3 Å². The van der Waals surface area contributed by atoms with Crippen molar-refractivity contribution in [3.05, 3.63) is 40.2 Å². The highest BCUT2D eigenvalue weighted by molar-refractivity contribution is 6.66. The molecule has 0 saturated carbocycles. The maximum atomic E-state index is 6.46. The smallest absolute Gasteiger partial charge is 0.139 e. The third-order valence-electron chi connectivity index (χ3n) is 3.92. The Kier molecular flexibility index (Phi) is 4.46. The van der Waals surface area contributed by atoms with Crippen molar-refractivity contribution in [2.75, 3.05) is 7.11 Å². The Morgan fingerprint density at radius 1 is 1.30 bits per heavy atom. The van der Waals surface area contributed by atoms with Gasteiger partial charge in [-0.25, -0.2) is 9.98 Å². The van der Waals surface area contributed by atoms with Crippen LogP contribution in [0.4, 0.5) is 0 Å². The van der Waals surface area contributed by atoms with Crippen molar-refractivity contribution < 1.29 is 4.74 Å². The molecule has 3 rings (SSSR count). The minimum atomic E-state index is 0.170. The van der Waals surface area contributed by atoms with Crippen LogP contribution < -0.4 is 15.4 Å². The van der Waals surface area contributed by atoms with E-state index in [0.29, 0.717) is 15.9 Å². The molecule has 0 fully saturated rings. The molecule has 0 spiro atoms. The molecule has 6 heteroatoms. The second kappa shape index (κ2) is 6.38. The summed E-state index contributed by atoms with van der Waals surface area (Å²) < 4.78 is 7.27. The second-order valence-corrected chi connectivity index (χ2v) is 6.27. The molecule has 0 aliphatic carbocycles. The van der Waals surface area contributed by atoms with Gasteiger partial charge < -0.3 is 4.74 Å². The van der Waals surface area contributed by atoms with E-state index in [1.165, 1.54) is 0 Å². The number of hydrogen-bond donors (Lipinski definition) is 0. The predicted octanol–water partition coefficient (Wildman–Crippen LogP) is 3.12. The first-order valence-electron chi connectivity index (χ1n) is 7.34. The predicted molar refractivity (Wildman–Crippen MR) is 95.0 cm³/mol. The Labute approximate surface area is 144 Å². The molecule has 0 radical (unpaired) electrons. The van der Waals surface area contributed by atoms with Gasteiger partial charge in [0.1, 0.15) is 27.6 Å². The lowest BCUT2D eigenvalue weighted by molar-refractivity contribution is 0.415. The number of halogens is 2. The van der Waals surface area contributed by atoms with Crippen LogP contribution in [0.1, 0.15) is 20.3 Å². The Bertz CT molecular complexity index is 899. The van der Waals surface area contributed by atoms with Crippen LogP contribution in [-0.2, 0) is 0 Å². The standard InChI is InChI=1S/C17H17Cl2N3O/c1-10-7-8-13-16(11(2)21-17(10)19)20-9-22(13)12-5-4-6-14(23-3)15(12)18/h4-6,8-10H,7H2,1-3H3/b13-8-,16-11+,21-17?. The van der Waals surface area contributed by atoms with E-state index in [1.54, 1.807) is 13.4 Å². The first-order valence-corrected chi connectivity index (χ1v) is 8.10. The van der Waals surface area contributed by atoms with E-state index in [-0.39, 0.29) is 5.92 Å². The molecule has 1 aliphatic rings. The SMILES string of the molecule is COc1cccc(-n2cnc3/c2=C/CC(C)C(Cl)=N\C=3C)c1Cl.